The Bertz CT molecular complexity index is 170. The molecule has 0 spiro atoms. The second-order valence-corrected chi connectivity index (χ2v) is 2.50. The Labute approximate surface area is 71.2 Å². The molecule has 0 amide bonds. The summed E-state index contributed by atoms with van der Waals surface area (Å²) in [5, 5.41) is 0. The molecule has 0 saturated carbocycles. The third-order valence-electron chi connectivity index (χ3n) is 1.37. The van der Waals surface area contributed by atoms with Gasteiger partial charge in [0.2, 0.25) is 0 Å². The molecule has 13 heavy (non-hydrogen) atoms. The molecule has 0 N–H and O–H groups in total. The third-order valence-corrected chi connectivity index (χ3v) is 1.37. The van der Waals surface area contributed by atoms with Gasteiger partial charge in [-0.3, -0.25) is 0 Å². The van der Waals surface area contributed by atoms with Gasteiger partial charge in [-0.25, -0.2) is 4.39 Å². The molecule has 0 rings (SSSR count). The second kappa shape index (κ2) is 4.02. The minimum Gasteiger partial charge on any atom is -0.240 e. The van der Waals surface area contributed by atoms with Crippen molar-refractivity contribution >= 4 is 0 Å². The molecule has 0 aromatic carbocycles. The smallest absolute Gasteiger partial charge is 0.240 e. The van der Waals surface area contributed by atoms with E-state index in [4.69, 9.17) is 0 Å². The number of rotatable bonds is 4. The summed E-state index contributed by atoms with van der Waals surface area (Å²) in [6.45, 7) is 2.63. The Balaban J connectivity index is 4.02. The van der Waals surface area contributed by atoms with Crippen LogP contribution in [-0.2, 0) is 0 Å². The van der Waals surface area contributed by atoms with Gasteiger partial charge < -0.3 is 0 Å². The fourth-order valence-electron chi connectivity index (χ4n) is 0.611. The van der Waals surface area contributed by atoms with Crippen molar-refractivity contribution < 1.29 is 26.3 Å². The maximum absolute atomic E-state index is 12.4. The van der Waals surface area contributed by atoms with E-state index in [1.165, 1.54) is 0 Å². The van der Waals surface area contributed by atoms with Crippen molar-refractivity contribution in [2.45, 2.75) is 31.1 Å². The first-order valence-electron chi connectivity index (χ1n) is 3.41. The van der Waals surface area contributed by atoms with Crippen molar-refractivity contribution in [1.29, 1.82) is 0 Å². The van der Waals surface area contributed by atoms with Gasteiger partial charge in [0, 0.05) is 6.42 Å². The van der Waals surface area contributed by atoms with Crippen LogP contribution in [0.2, 0.25) is 0 Å². The number of hydrogen-bond acceptors (Lipinski definition) is 0. The fourth-order valence-corrected chi connectivity index (χ4v) is 0.611. The van der Waals surface area contributed by atoms with Crippen molar-refractivity contribution in [3.05, 3.63) is 12.7 Å². The van der Waals surface area contributed by atoms with Gasteiger partial charge in [-0.1, -0.05) is 6.58 Å². The monoisotopic (exact) mass is 206 g/mol. The quantitative estimate of drug-likeness (QED) is 0.488. The van der Waals surface area contributed by atoms with Crippen LogP contribution in [0.5, 0.6) is 0 Å². The summed E-state index contributed by atoms with van der Waals surface area (Å²) in [7, 11) is 0. The van der Waals surface area contributed by atoms with Gasteiger partial charge in [-0.05, 0) is 12.5 Å². The molecule has 0 aliphatic rings. The van der Waals surface area contributed by atoms with Crippen LogP contribution in [0.15, 0.2) is 12.7 Å². The average molecular weight is 206 g/mol. The van der Waals surface area contributed by atoms with Crippen LogP contribution in [0.4, 0.5) is 26.3 Å². The number of alkyl halides is 6. The molecular formula is C7H8F6. The maximum Gasteiger partial charge on any atom is 0.389 e. The summed E-state index contributed by atoms with van der Waals surface area (Å²) in [6, 6.07) is 0. The minimum atomic E-state index is -4.61. The van der Waals surface area contributed by atoms with E-state index in [2.05, 4.69) is 6.58 Å². The first-order valence-corrected chi connectivity index (χ1v) is 3.41. The summed E-state index contributed by atoms with van der Waals surface area (Å²) < 4.78 is 71.3. The summed E-state index contributed by atoms with van der Waals surface area (Å²) in [5.74, 6) is -3.88. The highest BCUT2D eigenvalue weighted by atomic mass is 19.4. The van der Waals surface area contributed by atoms with Crippen molar-refractivity contribution in [2.24, 2.45) is 0 Å². The van der Waals surface area contributed by atoms with E-state index in [1.807, 2.05) is 0 Å². The van der Waals surface area contributed by atoms with E-state index in [0.29, 0.717) is 0 Å². The molecule has 1 unspecified atom stereocenters. The Morgan fingerprint density at radius 2 is 1.62 bits per heavy atom. The lowest BCUT2D eigenvalue weighted by Gasteiger charge is -2.17. The lowest BCUT2D eigenvalue weighted by Crippen LogP contribution is -2.28. The van der Waals surface area contributed by atoms with Crippen molar-refractivity contribution in [3.8, 4) is 0 Å². The summed E-state index contributed by atoms with van der Waals surface area (Å²) in [6.07, 6.45) is -10.2. The lowest BCUT2D eigenvalue weighted by molar-refractivity contribution is -0.144. The van der Waals surface area contributed by atoms with Crippen molar-refractivity contribution in [3.63, 3.8) is 0 Å². The van der Waals surface area contributed by atoms with Crippen LogP contribution in [0.25, 0.3) is 0 Å². The zero-order valence-electron chi connectivity index (χ0n) is 6.54. The van der Waals surface area contributed by atoms with Crippen LogP contribution in [-0.4, -0.2) is 18.3 Å². The molecule has 0 aromatic heterocycles. The molecule has 0 radical (unpaired) electrons. The zero-order chi connectivity index (χ0) is 10.7. The normalized spacial score (nSPS) is 15.5. The van der Waals surface area contributed by atoms with Gasteiger partial charge in [0.1, 0.15) is 0 Å². The Morgan fingerprint density at radius 1 is 1.15 bits per heavy atom. The lowest BCUT2D eigenvalue weighted by atomic mass is 10.1. The van der Waals surface area contributed by atoms with E-state index in [1.54, 1.807) is 0 Å². The van der Waals surface area contributed by atoms with E-state index in [0.717, 1.165) is 0 Å². The molecule has 0 bridgehead atoms. The summed E-state index contributed by atoms with van der Waals surface area (Å²) in [4.78, 5) is 0. The number of hydrogen-bond donors (Lipinski definition) is 0. The second-order valence-electron chi connectivity index (χ2n) is 2.50. The standard InChI is InChI=1S/C7H8F6/c1-2-6(9,10)5(8)3-4-7(11,12)13/h2,5H,1,3-4H2. The van der Waals surface area contributed by atoms with Crippen LogP contribution < -0.4 is 0 Å². The van der Waals surface area contributed by atoms with E-state index >= 15 is 0 Å². The zero-order valence-corrected chi connectivity index (χ0v) is 6.54. The first-order chi connectivity index (χ1) is 5.69. The highest BCUT2D eigenvalue weighted by Crippen LogP contribution is 2.30. The van der Waals surface area contributed by atoms with Crippen LogP contribution in [0.3, 0.4) is 0 Å². The molecular weight excluding hydrogens is 198 g/mol. The summed E-state index contributed by atoms with van der Waals surface area (Å²) in [5.41, 5.74) is 0. The van der Waals surface area contributed by atoms with Crippen molar-refractivity contribution in [1.82, 2.24) is 0 Å². The Kier molecular flexibility index (Phi) is 3.81. The van der Waals surface area contributed by atoms with Gasteiger partial charge >= 0.3 is 6.18 Å². The Hall–Kier alpha value is -0.680. The number of allylic oxidation sites excluding steroid dienone is 1. The van der Waals surface area contributed by atoms with Gasteiger partial charge in [-0.15, -0.1) is 0 Å². The highest BCUT2D eigenvalue weighted by Gasteiger charge is 2.39. The predicted octanol–water partition coefficient (Wildman–Crippen LogP) is 3.49. The van der Waals surface area contributed by atoms with Gasteiger partial charge in [-0.2, -0.15) is 22.0 Å². The molecule has 78 valence electrons. The molecule has 0 nitrogen and oxygen atoms in total. The molecule has 0 fully saturated rings. The fraction of sp³-hybridized carbons (Fsp3) is 0.714. The molecule has 6 heteroatoms. The highest BCUT2D eigenvalue weighted by molar-refractivity contribution is 4.93. The molecule has 0 saturated heterocycles. The summed E-state index contributed by atoms with van der Waals surface area (Å²) >= 11 is 0. The molecule has 0 aromatic rings. The third kappa shape index (κ3) is 4.80. The molecule has 0 aliphatic carbocycles. The number of halogens is 6. The van der Waals surface area contributed by atoms with Gasteiger partial charge in [0.25, 0.3) is 5.92 Å². The molecule has 0 aliphatic heterocycles. The topological polar surface area (TPSA) is 0 Å². The Morgan fingerprint density at radius 3 is 1.92 bits per heavy atom. The SMILES string of the molecule is C=CC(F)(F)C(F)CCC(F)(F)F. The molecule has 1 atom stereocenters. The average Bonchev–Trinajstić information content (AvgIpc) is 1.98. The van der Waals surface area contributed by atoms with Crippen LogP contribution >= 0.6 is 0 Å². The van der Waals surface area contributed by atoms with Crippen molar-refractivity contribution in [2.75, 3.05) is 0 Å². The van der Waals surface area contributed by atoms with Gasteiger partial charge in [0.15, 0.2) is 6.17 Å². The minimum absolute atomic E-state index is 0.00798. The predicted molar refractivity (Wildman–Crippen MR) is 35.3 cm³/mol. The van der Waals surface area contributed by atoms with Crippen LogP contribution in [0, 0.1) is 0 Å². The van der Waals surface area contributed by atoms with E-state index < -0.39 is 31.1 Å². The van der Waals surface area contributed by atoms with Gasteiger partial charge in [0.05, 0.1) is 0 Å². The largest absolute Gasteiger partial charge is 0.389 e. The van der Waals surface area contributed by atoms with Crippen LogP contribution in [0.1, 0.15) is 12.8 Å². The maximum atomic E-state index is 12.4. The van der Waals surface area contributed by atoms with E-state index in [-0.39, 0.29) is 6.08 Å². The first kappa shape index (κ1) is 12.3. The molecule has 0 heterocycles. The van der Waals surface area contributed by atoms with E-state index in [9.17, 15) is 26.3 Å².